The standard InChI is InChI=1S/C24H26N4O3S/c1-3-17(2)18-8-10-19(11-9-18)32(29,30)28-14-12-27(13-15-28)24-23-22(25-16-26-24)20-6-4-5-7-21(20)31-23/h4-11,16-17H,3,12-15H2,1-2H3/t17-/m1/s1. The second-order valence-corrected chi connectivity index (χ2v) is 10.2. The summed E-state index contributed by atoms with van der Waals surface area (Å²) in [6, 6.07) is 15.1. The number of benzene rings is 2. The molecule has 0 spiro atoms. The number of anilines is 1. The molecular weight excluding hydrogens is 424 g/mol. The third-order valence-corrected chi connectivity index (χ3v) is 8.29. The van der Waals surface area contributed by atoms with Crippen LogP contribution in [0.2, 0.25) is 0 Å². The molecule has 0 N–H and O–H groups in total. The smallest absolute Gasteiger partial charge is 0.243 e. The van der Waals surface area contributed by atoms with Crippen LogP contribution >= 0.6 is 0 Å². The monoisotopic (exact) mass is 450 g/mol. The van der Waals surface area contributed by atoms with Gasteiger partial charge in [-0.25, -0.2) is 18.4 Å². The van der Waals surface area contributed by atoms with E-state index in [4.69, 9.17) is 4.42 Å². The molecule has 166 valence electrons. The lowest BCUT2D eigenvalue weighted by Gasteiger charge is -2.34. The molecule has 2 aromatic carbocycles. The van der Waals surface area contributed by atoms with Gasteiger partial charge in [-0.3, -0.25) is 0 Å². The Balaban J connectivity index is 1.36. The van der Waals surface area contributed by atoms with Crippen molar-refractivity contribution in [1.82, 2.24) is 14.3 Å². The van der Waals surface area contributed by atoms with Gasteiger partial charge in [-0.1, -0.05) is 38.1 Å². The molecule has 8 heteroatoms. The summed E-state index contributed by atoms with van der Waals surface area (Å²) in [5.74, 6) is 1.12. The highest BCUT2D eigenvalue weighted by molar-refractivity contribution is 7.89. The first-order valence-electron chi connectivity index (χ1n) is 11.0. The van der Waals surface area contributed by atoms with Crippen LogP contribution in [0.3, 0.4) is 0 Å². The van der Waals surface area contributed by atoms with E-state index in [2.05, 4.69) is 28.7 Å². The fraction of sp³-hybridized carbons (Fsp3) is 0.333. The Kier molecular flexibility index (Phi) is 5.35. The lowest BCUT2D eigenvalue weighted by Crippen LogP contribution is -2.49. The highest BCUT2D eigenvalue weighted by Crippen LogP contribution is 2.33. The molecular formula is C24H26N4O3S. The van der Waals surface area contributed by atoms with Crippen LogP contribution in [0.5, 0.6) is 0 Å². The van der Waals surface area contributed by atoms with E-state index in [1.165, 1.54) is 0 Å². The fourth-order valence-corrected chi connectivity index (χ4v) is 5.65. The number of nitrogens with zero attached hydrogens (tertiary/aromatic N) is 4. The predicted octanol–water partition coefficient (Wildman–Crippen LogP) is 4.40. The van der Waals surface area contributed by atoms with E-state index in [0.717, 1.165) is 28.5 Å². The minimum Gasteiger partial charge on any atom is -0.450 e. The van der Waals surface area contributed by atoms with Gasteiger partial charge in [0.05, 0.1) is 4.90 Å². The second-order valence-electron chi connectivity index (χ2n) is 8.24. The molecule has 4 aromatic rings. The molecule has 7 nitrogen and oxygen atoms in total. The lowest BCUT2D eigenvalue weighted by molar-refractivity contribution is 0.383. The number of piperazine rings is 1. The van der Waals surface area contributed by atoms with E-state index in [1.54, 1.807) is 22.8 Å². The SMILES string of the molecule is CC[C@@H](C)c1ccc(S(=O)(=O)N2CCN(c3ncnc4c3oc3ccccc34)CC2)cc1. The van der Waals surface area contributed by atoms with Crippen LogP contribution in [-0.4, -0.2) is 48.9 Å². The predicted molar refractivity (Wildman–Crippen MR) is 125 cm³/mol. The van der Waals surface area contributed by atoms with Crippen LogP contribution in [0, 0.1) is 0 Å². The van der Waals surface area contributed by atoms with Gasteiger partial charge in [0.2, 0.25) is 10.0 Å². The van der Waals surface area contributed by atoms with E-state index in [-0.39, 0.29) is 0 Å². The molecule has 1 saturated heterocycles. The molecule has 0 unspecified atom stereocenters. The maximum absolute atomic E-state index is 13.2. The number of aromatic nitrogens is 2. The van der Waals surface area contributed by atoms with Crippen molar-refractivity contribution < 1.29 is 12.8 Å². The minimum absolute atomic E-state index is 0.347. The van der Waals surface area contributed by atoms with Crippen LogP contribution in [0.4, 0.5) is 5.82 Å². The highest BCUT2D eigenvalue weighted by Gasteiger charge is 2.30. The number of para-hydroxylation sites is 1. The average Bonchev–Trinajstić information content (AvgIpc) is 3.22. The van der Waals surface area contributed by atoms with Crippen molar-refractivity contribution in [2.75, 3.05) is 31.1 Å². The average molecular weight is 451 g/mol. The maximum atomic E-state index is 13.2. The summed E-state index contributed by atoms with van der Waals surface area (Å²) in [7, 11) is -3.53. The van der Waals surface area contributed by atoms with Crippen molar-refractivity contribution in [3.63, 3.8) is 0 Å². The molecule has 1 fully saturated rings. The van der Waals surface area contributed by atoms with Crippen LogP contribution < -0.4 is 4.90 Å². The van der Waals surface area contributed by atoms with Crippen molar-refractivity contribution in [2.24, 2.45) is 0 Å². The summed E-state index contributed by atoms with van der Waals surface area (Å²) in [6.45, 7) is 6.13. The van der Waals surface area contributed by atoms with Crippen molar-refractivity contribution in [1.29, 1.82) is 0 Å². The van der Waals surface area contributed by atoms with E-state index >= 15 is 0 Å². The van der Waals surface area contributed by atoms with Gasteiger partial charge in [0.15, 0.2) is 11.4 Å². The number of hydrogen-bond donors (Lipinski definition) is 0. The Morgan fingerprint density at radius 1 is 1.00 bits per heavy atom. The third kappa shape index (κ3) is 3.53. The van der Waals surface area contributed by atoms with Crippen LogP contribution in [0.25, 0.3) is 22.1 Å². The normalized spacial score (nSPS) is 16.6. The van der Waals surface area contributed by atoms with E-state index in [0.29, 0.717) is 48.4 Å². The fourth-order valence-electron chi connectivity index (χ4n) is 4.23. The second kappa shape index (κ2) is 8.18. The first-order chi connectivity index (χ1) is 15.5. The van der Waals surface area contributed by atoms with Crippen LogP contribution in [-0.2, 0) is 10.0 Å². The molecule has 1 atom stereocenters. The van der Waals surface area contributed by atoms with Gasteiger partial charge in [0, 0.05) is 31.6 Å². The summed E-state index contributed by atoms with van der Waals surface area (Å²) in [6.07, 6.45) is 2.57. The van der Waals surface area contributed by atoms with Crippen molar-refractivity contribution in [3.05, 3.63) is 60.4 Å². The number of hydrogen-bond acceptors (Lipinski definition) is 6. The first-order valence-corrected chi connectivity index (χ1v) is 12.4. The highest BCUT2D eigenvalue weighted by atomic mass is 32.2. The van der Waals surface area contributed by atoms with Crippen LogP contribution in [0.15, 0.2) is 64.2 Å². The molecule has 1 aliphatic heterocycles. The molecule has 0 saturated carbocycles. The molecule has 0 aliphatic carbocycles. The van der Waals surface area contributed by atoms with Crippen molar-refractivity contribution in [3.8, 4) is 0 Å². The largest absolute Gasteiger partial charge is 0.450 e. The quantitative estimate of drug-likeness (QED) is 0.448. The molecule has 2 aromatic heterocycles. The number of sulfonamides is 1. The third-order valence-electron chi connectivity index (χ3n) is 6.38. The minimum atomic E-state index is -3.53. The van der Waals surface area contributed by atoms with Gasteiger partial charge in [0.25, 0.3) is 0 Å². The Bertz CT molecular complexity index is 1360. The zero-order chi connectivity index (χ0) is 22.3. The van der Waals surface area contributed by atoms with Crippen molar-refractivity contribution >= 4 is 37.9 Å². The molecule has 32 heavy (non-hydrogen) atoms. The molecule has 5 rings (SSSR count). The van der Waals surface area contributed by atoms with Gasteiger partial charge in [-0.2, -0.15) is 4.31 Å². The molecule has 1 aliphatic rings. The van der Waals surface area contributed by atoms with Gasteiger partial charge < -0.3 is 9.32 Å². The summed E-state index contributed by atoms with van der Waals surface area (Å²) in [4.78, 5) is 11.3. The maximum Gasteiger partial charge on any atom is 0.243 e. The number of fused-ring (bicyclic) bond motifs is 3. The Morgan fingerprint density at radius 2 is 1.72 bits per heavy atom. The number of rotatable bonds is 5. The zero-order valence-electron chi connectivity index (χ0n) is 18.2. The summed E-state index contributed by atoms with van der Waals surface area (Å²) in [5, 5.41) is 0.952. The first kappa shape index (κ1) is 20.9. The van der Waals surface area contributed by atoms with E-state index < -0.39 is 10.0 Å². The van der Waals surface area contributed by atoms with Gasteiger partial charge in [0.1, 0.15) is 17.4 Å². The summed E-state index contributed by atoms with van der Waals surface area (Å²) < 4.78 is 33.9. The summed E-state index contributed by atoms with van der Waals surface area (Å²) >= 11 is 0. The lowest BCUT2D eigenvalue weighted by atomic mass is 9.99. The van der Waals surface area contributed by atoms with E-state index in [1.807, 2.05) is 36.4 Å². The molecule has 0 radical (unpaired) electrons. The van der Waals surface area contributed by atoms with Gasteiger partial charge in [-0.05, 0) is 42.2 Å². The summed E-state index contributed by atoms with van der Waals surface area (Å²) in [5.41, 5.74) is 3.36. The Morgan fingerprint density at radius 3 is 2.44 bits per heavy atom. The van der Waals surface area contributed by atoms with Crippen molar-refractivity contribution in [2.45, 2.75) is 31.1 Å². The Labute approximate surface area is 187 Å². The van der Waals surface area contributed by atoms with E-state index in [9.17, 15) is 8.42 Å². The van der Waals surface area contributed by atoms with Gasteiger partial charge >= 0.3 is 0 Å². The molecule has 0 amide bonds. The molecule has 3 heterocycles. The zero-order valence-corrected chi connectivity index (χ0v) is 19.0. The topological polar surface area (TPSA) is 79.5 Å². The Hall–Kier alpha value is -2.97. The molecule has 0 bridgehead atoms. The van der Waals surface area contributed by atoms with Gasteiger partial charge in [-0.15, -0.1) is 0 Å². The van der Waals surface area contributed by atoms with Crippen LogP contribution in [0.1, 0.15) is 31.7 Å². The number of furan rings is 1.